The highest BCUT2D eigenvalue weighted by Crippen LogP contribution is 2.27. The standard InChI is InChI=1S/C23H24N2O5/c1-2-29-22(27)20-18(15-30-19(26)14-13-16-9-5-3-6-10-16)24-23(28)25-21(20)17-11-7-4-8-12-17/h3-12,21H,2,13-15H2,1H3,(H2,24,25,28). The van der Waals surface area contributed by atoms with Crippen molar-refractivity contribution in [3.63, 3.8) is 0 Å². The number of carbonyl (C=O) groups excluding carboxylic acids is 3. The molecule has 0 aromatic heterocycles. The van der Waals surface area contributed by atoms with Crippen molar-refractivity contribution < 1.29 is 23.9 Å². The summed E-state index contributed by atoms with van der Waals surface area (Å²) >= 11 is 0. The van der Waals surface area contributed by atoms with Gasteiger partial charge in [-0.05, 0) is 24.5 Å². The second-order valence-corrected chi connectivity index (χ2v) is 6.70. The molecule has 156 valence electrons. The molecule has 0 saturated carbocycles. The first kappa shape index (κ1) is 21.1. The van der Waals surface area contributed by atoms with Crippen LogP contribution in [0.1, 0.15) is 30.5 Å². The van der Waals surface area contributed by atoms with Gasteiger partial charge in [-0.3, -0.25) is 4.79 Å². The first-order valence-electron chi connectivity index (χ1n) is 9.80. The van der Waals surface area contributed by atoms with E-state index >= 15 is 0 Å². The number of amides is 2. The third-order valence-corrected chi connectivity index (χ3v) is 4.62. The molecule has 1 unspecified atom stereocenters. The van der Waals surface area contributed by atoms with Crippen LogP contribution < -0.4 is 10.6 Å². The zero-order valence-electron chi connectivity index (χ0n) is 16.7. The molecule has 2 N–H and O–H groups in total. The number of hydrogen-bond donors (Lipinski definition) is 2. The maximum absolute atomic E-state index is 12.6. The Hall–Kier alpha value is -3.61. The molecule has 30 heavy (non-hydrogen) atoms. The Morgan fingerprint density at radius 1 is 0.967 bits per heavy atom. The predicted molar refractivity (Wildman–Crippen MR) is 110 cm³/mol. The van der Waals surface area contributed by atoms with Crippen LogP contribution in [-0.2, 0) is 25.5 Å². The number of carbonyl (C=O) groups is 3. The predicted octanol–water partition coefficient (Wildman–Crippen LogP) is 3.03. The summed E-state index contributed by atoms with van der Waals surface area (Å²) < 4.78 is 10.5. The zero-order chi connectivity index (χ0) is 21.3. The van der Waals surface area contributed by atoms with Gasteiger partial charge in [-0.15, -0.1) is 0 Å². The molecule has 2 aromatic carbocycles. The minimum Gasteiger partial charge on any atom is -0.463 e. The van der Waals surface area contributed by atoms with E-state index in [-0.39, 0.29) is 30.9 Å². The lowest BCUT2D eigenvalue weighted by molar-refractivity contribution is -0.143. The highest BCUT2D eigenvalue weighted by Gasteiger charge is 2.34. The highest BCUT2D eigenvalue weighted by molar-refractivity contribution is 5.95. The molecule has 0 fully saturated rings. The molecule has 2 amide bonds. The summed E-state index contributed by atoms with van der Waals surface area (Å²) in [5.41, 5.74) is 2.20. The van der Waals surface area contributed by atoms with E-state index < -0.39 is 24.0 Å². The van der Waals surface area contributed by atoms with Gasteiger partial charge in [-0.25, -0.2) is 9.59 Å². The summed E-state index contributed by atoms with van der Waals surface area (Å²) in [6.45, 7) is 1.66. The summed E-state index contributed by atoms with van der Waals surface area (Å²) in [4.78, 5) is 37.0. The minimum absolute atomic E-state index is 0.182. The lowest BCUT2D eigenvalue weighted by atomic mass is 9.95. The molecule has 2 aromatic rings. The first-order chi connectivity index (χ1) is 14.6. The van der Waals surface area contributed by atoms with E-state index in [0.717, 1.165) is 11.1 Å². The Morgan fingerprint density at radius 3 is 2.30 bits per heavy atom. The zero-order valence-corrected chi connectivity index (χ0v) is 16.7. The van der Waals surface area contributed by atoms with Gasteiger partial charge < -0.3 is 20.1 Å². The normalized spacial score (nSPS) is 15.8. The van der Waals surface area contributed by atoms with E-state index in [1.54, 1.807) is 19.1 Å². The molecule has 1 aliphatic heterocycles. The van der Waals surface area contributed by atoms with Crippen LogP contribution in [0, 0.1) is 0 Å². The van der Waals surface area contributed by atoms with Gasteiger partial charge in [-0.2, -0.15) is 0 Å². The first-order valence-corrected chi connectivity index (χ1v) is 9.80. The average molecular weight is 408 g/mol. The second-order valence-electron chi connectivity index (χ2n) is 6.70. The fourth-order valence-electron chi connectivity index (χ4n) is 3.19. The monoisotopic (exact) mass is 408 g/mol. The van der Waals surface area contributed by atoms with Gasteiger partial charge in [0.1, 0.15) is 6.61 Å². The summed E-state index contributed by atoms with van der Waals surface area (Å²) in [5, 5.41) is 5.32. The van der Waals surface area contributed by atoms with Crippen molar-refractivity contribution in [1.29, 1.82) is 0 Å². The maximum Gasteiger partial charge on any atom is 0.338 e. The van der Waals surface area contributed by atoms with Crippen molar-refractivity contribution >= 4 is 18.0 Å². The average Bonchev–Trinajstić information content (AvgIpc) is 2.77. The van der Waals surface area contributed by atoms with Gasteiger partial charge in [0, 0.05) is 6.42 Å². The largest absolute Gasteiger partial charge is 0.463 e. The number of benzene rings is 2. The van der Waals surface area contributed by atoms with Crippen LogP contribution in [0.4, 0.5) is 4.79 Å². The summed E-state index contributed by atoms with van der Waals surface area (Å²) in [7, 11) is 0. The van der Waals surface area contributed by atoms with Gasteiger partial charge >= 0.3 is 18.0 Å². The molecule has 0 radical (unpaired) electrons. The summed E-state index contributed by atoms with van der Waals surface area (Å²) in [6.07, 6.45) is 0.740. The molecule has 0 bridgehead atoms. The van der Waals surface area contributed by atoms with Crippen molar-refractivity contribution in [3.05, 3.63) is 83.1 Å². The molecule has 3 rings (SSSR count). The SMILES string of the molecule is CCOC(=O)C1=C(COC(=O)CCc2ccccc2)NC(=O)NC1c1ccccc1. The number of rotatable bonds is 8. The molecule has 1 heterocycles. The number of nitrogens with one attached hydrogen (secondary N) is 2. The Morgan fingerprint density at radius 2 is 1.63 bits per heavy atom. The quantitative estimate of drug-likeness (QED) is 0.655. The van der Waals surface area contributed by atoms with Gasteiger partial charge in [-0.1, -0.05) is 60.7 Å². The Labute approximate surface area is 175 Å². The van der Waals surface area contributed by atoms with E-state index in [9.17, 15) is 14.4 Å². The number of aryl methyl sites for hydroxylation is 1. The van der Waals surface area contributed by atoms with Crippen LogP contribution in [0.25, 0.3) is 0 Å². The van der Waals surface area contributed by atoms with E-state index in [4.69, 9.17) is 9.47 Å². The van der Waals surface area contributed by atoms with Gasteiger partial charge in [0.2, 0.25) is 0 Å². The number of esters is 2. The molecule has 7 nitrogen and oxygen atoms in total. The third kappa shape index (κ3) is 5.47. The Bertz CT molecular complexity index is 925. The molecule has 0 spiro atoms. The molecule has 0 saturated heterocycles. The number of urea groups is 1. The van der Waals surface area contributed by atoms with E-state index in [1.807, 2.05) is 48.5 Å². The van der Waals surface area contributed by atoms with Gasteiger partial charge in [0.25, 0.3) is 0 Å². The van der Waals surface area contributed by atoms with Gasteiger partial charge in [0.05, 0.1) is 23.9 Å². The molecule has 1 atom stereocenters. The third-order valence-electron chi connectivity index (χ3n) is 4.62. The highest BCUT2D eigenvalue weighted by atomic mass is 16.5. The second kappa shape index (κ2) is 10.2. The van der Waals surface area contributed by atoms with E-state index in [1.165, 1.54) is 0 Å². The van der Waals surface area contributed by atoms with Crippen molar-refractivity contribution in [2.75, 3.05) is 13.2 Å². The number of hydrogen-bond acceptors (Lipinski definition) is 5. The van der Waals surface area contributed by atoms with Crippen molar-refractivity contribution in [1.82, 2.24) is 10.6 Å². The van der Waals surface area contributed by atoms with Crippen LogP contribution in [0.5, 0.6) is 0 Å². The molecule has 1 aliphatic rings. The van der Waals surface area contributed by atoms with Crippen molar-refractivity contribution in [2.24, 2.45) is 0 Å². The topological polar surface area (TPSA) is 93.7 Å². The lowest BCUT2D eigenvalue weighted by Crippen LogP contribution is -2.47. The van der Waals surface area contributed by atoms with Crippen molar-refractivity contribution in [2.45, 2.75) is 25.8 Å². The minimum atomic E-state index is -0.697. The van der Waals surface area contributed by atoms with Crippen molar-refractivity contribution in [3.8, 4) is 0 Å². The lowest BCUT2D eigenvalue weighted by Gasteiger charge is -2.29. The number of ether oxygens (including phenoxy) is 2. The molecule has 7 heteroatoms. The molecular weight excluding hydrogens is 384 g/mol. The smallest absolute Gasteiger partial charge is 0.338 e. The van der Waals surface area contributed by atoms with Crippen LogP contribution >= 0.6 is 0 Å². The van der Waals surface area contributed by atoms with Crippen LogP contribution in [0.3, 0.4) is 0 Å². The maximum atomic E-state index is 12.6. The summed E-state index contributed by atoms with van der Waals surface area (Å²) in [5.74, 6) is -0.993. The fourth-order valence-corrected chi connectivity index (χ4v) is 3.19. The van der Waals surface area contributed by atoms with E-state index in [0.29, 0.717) is 6.42 Å². The Kier molecular flexibility index (Phi) is 7.21. The fraction of sp³-hybridized carbons (Fsp3) is 0.261. The summed E-state index contributed by atoms with van der Waals surface area (Å²) in [6, 6.07) is 17.5. The molecular formula is C23H24N2O5. The van der Waals surface area contributed by atoms with Crippen LogP contribution in [0.15, 0.2) is 71.9 Å². The van der Waals surface area contributed by atoms with Gasteiger partial charge in [0.15, 0.2) is 0 Å². The van der Waals surface area contributed by atoms with E-state index in [2.05, 4.69) is 10.6 Å². The van der Waals surface area contributed by atoms with Crippen LogP contribution in [-0.4, -0.2) is 31.2 Å². The van der Waals surface area contributed by atoms with Crippen LogP contribution in [0.2, 0.25) is 0 Å². The Balaban J connectivity index is 1.76. The molecule has 0 aliphatic carbocycles.